The molecule has 1 amide bonds. The molecule has 130 valence electrons. The fraction of sp³-hybridized carbons (Fsp3) is 0.267. The molecule has 0 aliphatic carbocycles. The van der Waals surface area contributed by atoms with E-state index in [1.54, 1.807) is 5.38 Å². The van der Waals surface area contributed by atoms with Crippen LogP contribution in [0.1, 0.15) is 27.0 Å². The molecule has 4 rings (SSSR count). The molecule has 4 heterocycles. The van der Waals surface area contributed by atoms with Gasteiger partial charge in [0.15, 0.2) is 17.4 Å². The van der Waals surface area contributed by atoms with Gasteiger partial charge in [0.1, 0.15) is 0 Å². The molecule has 0 saturated carbocycles. The SMILES string of the molecule is O=C(c1cc2ncc(Cl)cn2n1)N1CCc2sccc2C1C(F)(F)F. The quantitative estimate of drug-likeness (QED) is 0.640. The van der Waals surface area contributed by atoms with Gasteiger partial charge in [-0.05, 0) is 23.4 Å². The lowest BCUT2D eigenvalue weighted by Crippen LogP contribution is -2.46. The zero-order chi connectivity index (χ0) is 17.8. The first-order valence-corrected chi connectivity index (χ1v) is 8.55. The first-order chi connectivity index (χ1) is 11.8. The van der Waals surface area contributed by atoms with Crippen LogP contribution < -0.4 is 0 Å². The number of fused-ring (bicyclic) bond motifs is 2. The minimum atomic E-state index is -4.56. The summed E-state index contributed by atoms with van der Waals surface area (Å²) < 4.78 is 42.2. The summed E-state index contributed by atoms with van der Waals surface area (Å²) in [6, 6.07) is 0.828. The molecule has 0 bridgehead atoms. The van der Waals surface area contributed by atoms with Gasteiger partial charge < -0.3 is 4.90 Å². The number of nitrogens with zero attached hydrogens (tertiary/aromatic N) is 4. The number of carbonyl (C=O) groups excluding carboxylic acids is 1. The topological polar surface area (TPSA) is 50.5 Å². The van der Waals surface area contributed by atoms with E-state index in [-0.39, 0.29) is 17.8 Å². The van der Waals surface area contributed by atoms with Crippen LogP contribution >= 0.6 is 22.9 Å². The van der Waals surface area contributed by atoms with Crippen molar-refractivity contribution in [2.75, 3.05) is 6.54 Å². The highest BCUT2D eigenvalue weighted by atomic mass is 35.5. The molecular weight excluding hydrogens is 377 g/mol. The molecule has 0 saturated heterocycles. The third kappa shape index (κ3) is 2.77. The number of thiophene rings is 1. The minimum absolute atomic E-state index is 0.0153. The molecule has 0 fully saturated rings. The van der Waals surface area contributed by atoms with Crippen LogP contribution in [0.3, 0.4) is 0 Å². The number of rotatable bonds is 1. The third-order valence-electron chi connectivity index (χ3n) is 4.04. The van der Waals surface area contributed by atoms with Crippen molar-refractivity contribution in [2.45, 2.75) is 18.6 Å². The van der Waals surface area contributed by atoms with Crippen molar-refractivity contribution in [3.63, 3.8) is 0 Å². The van der Waals surface area contributed by atoms with Crippen molar-refractivity contribution in [3.05, 3.63) is 51.1 Å². The highest BCUT2D eigenvalue weighted by Crippen LogP contribution is 2.44. The molecule has 3 aromatic rings. The zero-order valence-electron chi connectivity index (χ0n) is 12.5. The highest BCUT2D eigenvalue weighted by Gasteiger charge is 2.49. The maximum Gasteiger partial charge on any atom is 0.413 e. The average molecular weight is 387 g/mol. The van der Waals surface area contributed by atoms with Crippen molar-refractivity contribution in [2.24, 2.45) is 0 Å². The van der Waals surface area contributed by atoms with Crippen LogP contribution in [-0.2, 0) is 6.42 Å². The number of hydrogen-bond donors (Lipinski definition) is 0. The number of hydrogen-bond acceptors (Lipinski definition) is 4. The second-order valence-corrected chi connectivity index (χ2v) is 7.03. The van der Waals surface area contributed by atoms with E-state index in [4.69, 9.17) is 11.6 Å². The molecule has 1 aliphatic heterocycles. The summed E-state index contributed by atoms with van der Waals surface area (Å²) >= 11 is 7.09. The van der Waals surface area contributed by atoms with Gasteiger partial charge in [0.05, 0.1) is 11.2 Å². The first kappa shape index (κ1) is 16.3. The van der Waals surface area contributed by atoms with E-state index < -0.39 is 18.1 Å². The van der Waals surface area contributed by atoms with Crippen molar-refractivity contribution < 1.29 is 18.0 Å². The Morgan fingerprint density at radius 1 is 1.40 bits per heavy atom. The molecule has 0 N–H and O–H groups in total. The lowest BCUT2D eigenvalue weighted by atomic mass is 9.99. The van der Waals surface area contributed by atoms with Gasteiger partial charge in [-0.25, -0.2) is 9.50 Å². The van der Waals surface area contributed by atoms with Crippen LogP contribution in [0.25, 0.3) is 5.65 Å². The van der Waals surface area contributed by atoms with Crippen LogP contribution in [0.4, 0.5) is 13.2 Å². The van der Waals surface area contributed by atoms with E-state index >= 15 is 0 Å². The summed E-state index contributed by atoms with van der Waals surface area (Å²) in [6.45, 7) is -0.0153. The Bertz CT molecular complexity index is 967. The van der Waals surface area contributed by atoms with Gasteiger partial charge in [-0.1, -0.05) is 11.6 Å². The predicted octanol–water partition coefficient (Wildman–Crippen LogP) is 3.75. The van der Waals surface area contributed by atoms with Crippen molar-refractivity contribution in [1.29, 1.82) is 0 Å². The molecule has 1 unspecified atom stereocenters. The molecular formula is C15H10ClF3N4OS. The van der Waals surface area contributed by atoms with Crippen LogP contribution in [0.5, 0.6) is 0 Å². The monoisotopic (exact) mass is 386 g/mol. The van der Waals surface area contributed by atoms with Crippen molar-refractivity contribution >= 4 is 34.5 Å². The highest BCUT2D eigenvalue weighted by molar-refractivity contribution is 7.10. The number of aromatic nitrogens is 3. The van der Waals surface area contributed by atoms with E-state index in [0.29, 0.717) is 22.0 Å². The number of alkyl halides is 3. The van der Waals surface area contributed by atoms with Gasteiger partial charge in [-0.3, -0.25) is 4.79 Å². The smallest absolute Gasteiger partial charge is 0.321 e. The van der Waals surface area contributed by atoms with Crippen LogP contribution in [-0.4, -0.2) is 38.1 Å². The summed E-state index contributed by atoms with van der Waals surface area (Å²) in [7, 11) is 0. The van der Waals surface area contributed by atoms with Gasteiger partial charge in [0.2, 0.25) is 0 Å². The van der Waals surface area contributed by atoms with E-state index in [1.807, 2.05) is 0 Å². The van der Waals surface area contributed by atoms with Crippen LogP contribution in [0.15, 0.2) is 29.9 Å². The Hall–Kier alpha value is -2.13. The molecule has 5 nitrogen and oxygen atoms in total. The van der Waals surface area contributed by atoms with Crippen molar-refractivity contribution in [1.82, 2.24) is 19.5 Å². The Morgan fingerprint density at radius 2 is 2.20 bits per heavy atom. The maximum atomic E-state index is 13.6. The predicted molar refractivity (Wildman–Crippen MR) is 85.9 cm³/mol. The van der Waals surface area contributed by atoms with E-state index in [0.717, 1.165) is 4.90 Å². The zero-order valence-corrected chi connectivity index (χ0v) is 14.1. The summed E-state index contributed by atoms with van der Waals surface area (Å²) in [4.78, 5) is 18.2. The third-order valence-corrected chi connectivity index (χ3v) is 5.23. The summed E-state index contributed by atoms with van der Waals surface area (Å²) in [5, 5.41) is 5.95. The summed E-state index contributed by atoms with van der Waals surface area (Å²) in [5.74, 6) is -0.777. The first-order valence-electron chi connectivity index (χ1n) is 7.29. The lowest BCUT2D eigenvalue weighted by Gasteiger charge is -2.36. The standard InChI is InChI=1S/C15H10ClF3N4OS/c16-8-6-20-12-5-10(21-23(12)7-8)14(24)22-3-1-11-9(2-4-25-11)13(22)15(17,18)19/h2,4-7,13H,1,3H2. The molecule has 0 aromatic carbocycles. The van der Waals surface area contributed by atoms with Gasteiger partial charge in [0, 0.05) is 23.7 Å². The second-order valence-electron chi connectivity index (χ2n) is 5.60. The minimum Gasteiger partial charge on any atom is -0.321 e. The fourth-order valence-electron chi connectivity index (χ4n) is 2.99. The van der Waals surface area contributed by atoms with Gasteiger partial charge in [-0.2, -0.15) is 18.3 Å². The summed E-state index contributed by atoms with van der Waals surface area (Å²) in [6.07, 6.45) is -1.35. The Morgan fingerprint density at radius 3 is 2.96 bits per heavy atom. The Kier molecular flexibility index (Phi) is 3.73. The molecule has 3 aromatic heterocycles. The fourth-order valence-corrected chi connectivity index (χ4v) is 4.04. The molecule has 10 heteroatoms. The summed E-state index contributed by atoms with van der Waals surface area (Å²) in [5.41, 5.74) is 0.384. The van der Waals surface area contributed by atoms with Gasteiger partial charge in [0.25, 0.3) is 5.91 Å². The van der Waals surface area contributed by atoms with E-state index in [1.165, 1.54) is 40.4 Å². The van der Waals surface area contributed by atoms with Crippen molar-refractivity contribution in [3.8, 4) is 0 Å². The van der Waals surface area contributed by atoms with Crippen LogP contribution in [0, 0.1) is 0 Å². The number of amides is 1. The molecule has 1 aliphatic rings. The molecule has 25 heavy (non-hydrogen) atoms. The molecule has 0 radical (unpaired) electrons. The molecule has 1 atom stereocenters. The van der Waals surface area contributed by atoms with Gasteiger partial charge in [-0.15, -0.1) is 11.3 Å². The normalized spacial score (nSPS) is 17.8. The molecule has 0 spiro atoms. The Balaban J connectivity index is 1.75. The van der Waals surface area contributed by atoms with Gasteiger partial charge >= 0.3 is 6.18 Å². The number of halogens is 4. The van der Waals surface area contributed by atoms with Crippen LogP contribution in [0.2, 0.25) is 5.02 Å². The Labute approximate surface area is 148 Å². The maximum absolute atomic E-state index is 13.6. The number of carbonyl (C=O) groups is 1. The second kappa shape index (κ2) is 5.70. The lowest BCUT2D eigenvalue weighted by molar-refractivity contribution is -0.181. The largest absolute Gasteiger partial charge is 0.413 e. The van der Waals surface area contributed by atoms with E-state index in [2.05, 4.69) is 10.1 Å². The van der Waals surface area contributed by atoms with E-state index in [9.17, 15) is 18.0 Å². The average Bonchev–Trinajstić information content (AvgIpc) is 3.17.